The molecule has 2 heterocycles. The Bertz CT molecular complexity index is 747. The maximum Gasteiger partial charge on any atom is 0.238 e. The van der Waals surface area contributed by atoms with Gasteiger partial charge in [0.05, 0.1) is 29.2 Å². The standard InChI is InChI=1S/C18H23FN4O2/c1-12-17(13(2)22-21-12)20-16(24)11-23-8-6-18(25,7-9-23)14-4-3-5-15(19)10-14/h3-5,10,25H,6-9,11H2,1-2H3,(H,20,24)(H,21,22). The van der Waals surface area contributed by atoms with Crippen LogP contribution in [0.5, 0.6) is 0 Å². The third kappa shape index (κ3) is 3.88. The van der Waals surface area contributed by atoms with Crippen LogP contribution in [0.1, 0.15) is 29.8 Å². The molecule has 1 aromatic heterocycles. The van der Waals surface area contributed by atoms with Crippen molar-refractivity contribution < 1.29 is 14.3 Å². The normalized spacial score (nSPS) is 17.4. The van der Waals surface area contributed by atoms with Crippen molar-refractivity contribution in [3.8, 4) is 0 Å². The number of hydrogen-bond acceptors (Lipinski definition) is 4. The number of nitrogens with one attached hydrogen (secondary N) is 2. The van der Waals surface area contributed by atoms with Crippen LogP contribution >= 0.6 is 0 Å². The molecule has 0 radical (unpaired) electrons. The molecule has 0 bridgehead atoms. The van der Waals surface area contributed by atoms with Gasteiger partial charge >= 0.3 is 0 Å². The van der Waals surface area contributed by atoms with E-state index in [2.05, 4.69) is 15.5 Å². The molecule has 0 unspecified atom stereocenters. The number of piperidine rings is 1. The smallest absolute Gasteiger partial charge is 0.238 e. The van der Waals surface area contributed by atoms with Crippen molar-refractivity contribution in [2.75, 3.05) is 25.0 Å². The van der Waals surface area contributed by atoms with Crippen LogP contribution in [0.15, 0.2) is 24.3 Å². The summed E-state index contributed by atoms with van der Waals surface area (Å²) in [6.45, 7) is 5.09. The van der Waals surface area contributed by atoms with Crippen LogP contribution in [0.25, 0.3) is 0 Å². The molecule has 7 heteroatoms. The van der Waals surface area contributed by atoms with Crippen molar-refractivity contribution in [2.45, 2.75) is 32.3 Å². The minimum absolute atomic E-state index is 0.108. The molecule has 0 aliphatic carbocycles. The number of carbonyl (C=O) groups is 1. The van der Waals surface area contributed by atoms with Gasteiger partial charge in [0.15, 0.2) is 0 Å². The van der Waals surface area contributed by atoms with Gasteiger partial charge in [-0.25, -0.2) is 4.39 Å². The Balaban J connectivity index is 1.56. The van der Waals surface area contributed by atoms with Gasteiger partial charge in [-0.2, -0.15) is 5.10 Å². The topological polar surface area (TPSA) is 81.2 Å². The molecule has 3 rings (SSSR count). The van der Waals surface area contributed by atoms with Gasteiger partial charge in [-0.1, -0.05) is 12.1 Å². The summed E-state index contributed by atoms with van der Waals surface area (Å²) in [5, 5.41) is 20.6. The largest absolute Gasteiger partial charge is 0.385 e. The maximum atomic E-state index is 13.4. The van der Waals surface area contributed by atoms with Crippen molar-refractivity contribution in [3.05, 3.63) is 47.0 Å². The maximum absolute atomic E-state index is 13.4. The van der Waals surface area contributed by atoms with Crippen LogP contribution in [-0.4, -0.2) is 45.7 Å². The fourth-order valence-electron chi connectivity index (χ4n) is 3.26. The predicted molar refractivity (Wildman–Crippen MR) is 92.7 cm³/mol. The van der Waals surface area contributed by atoms with Crippen LogP contribution in [0, 0.1) is 19.7 Å². The first-order valence-electron chi connectivity index (χ1n) is 8.39. The molecule has 134 valence electrons. The lowest BCUT2D eigenvalue weighted by Crippen LogP contribution is -2.45. The third-order valence-corrected chi connectivity index (χ3v) is 4.80. The van der Waals surface area contributed by atoms with Gasteiger partial charge in [0, 0.05) is 13.1 Å². The Hall–Kier alpha value is -2.25. The van der Waals surface area contributed by atoms with Crippen LogP contribution in [0.2, 0.25) is 0 Å². The Morgan fingerprint density at radius 3 is 2.72 bits per heavy atom. The molecule has 1 aliphatic rings. The van der Waals surface area contributed by atoms with E-state index in [0.717, 1.165) is 17.1 Å². The highest BCUT2D eigenvalue weighted by Crippen LogP contribution is 2.33. The second-order valence-corrected chi connectivity index (χ2v) is 6.68. The Morgan fingerprint density at radius 2 is 2.12 bits per heavy atom. The number of aliphatic hydroxyl groups is 1. The number of nitrogens with zero attached hydrogens (tertiary/aromatic N) is 2. The van der Waals surface area contributed by atoms with Gasteiger partial charge in [0.1, 0.15) is 5.82 Å². The predicted octanol–water partition coefficient (Wildman–Crippen LogP) is 2.09. The first-order chi connectivity index (χ1) is 11.9. The van der Waals surface area contributed by atoms with E-state index in [4.69, 9.17) is 0 Å². The summed E-state index contributed by atoms with van der Waals surface area (Å²) in [6, 6.07) is 6.10. The highest BCUT2D eigenvalue weighted by atomic mass is 19.1. The number of H-pyrrole nitrogens is 1. The van der Waals surface area contributed by atoms with Crippen LogP contribution < -0.4 is 5.32 Å². The summed E-state index contributed by atoms with van der Waals surface area (Å²) < 4.78 is 13.4. The van der Waals surface area contributed by atoms with E-state index >= 15 is 0 Å². The van der Waals surface area contributed by atoms with Crippen molar-refractivity contribution in [3.63, 3.8) is 0 Å². The minimum Gasteiger partial charge on any atom is -0.385 e. The number of anilines is 1. The molecule has 2 aromatic rings. The lowest BCUT2D eigenvalue weighted by molar-refractivity contribution is -0.118. The van der Waals surface area contributed by atoms with E-state index in [-0.39, 0.29) is 18.3 Å². The molecular formula is C18H23FN4O2. The highest BCUT2D eigenvalue weighted by molar-refractivity contribution is 5.93. The van der Waals surface area contributed by atoms with Crippen molar-refractivity contribution in [1.29, 1.82) is 0 Å². The second kappa shape index (κ2) is 6.93. The van der Waals surface area contributed by atoms with Crippen molar-refractivity contribution in [1.82, 2.24) is 15.1 Å². The molecule has 1 saturated heterocycles. The molecule has 0 spiro atoms. The number of aromatic amines is 1. The quantitative estimate of drug-likeness (QED) is 0.792. The molecule has 0 atom stereocenters. The molecular weight excluding hydrogens is 323 g/mol. The van der Waals surface area contributed by atoms with Crippen LogP contribution in [0.3, 0.4) is 0 Å². The van der Waals surface area contributed by atoms with E-state index in [1.807, 2.05) is 18.7 Å². The summed E-state index contributed by atoms with van der Waals surface area (Å²) >= 11 is 0. The third-order valence-electron chi connectivity index (χ3n) is 4.80. The zero-order chi connectivity index (χ0) is 18.0. The lowest BCUT2D eigenvalue weighted by Gasteiger charge is -2.38. The highest BCUT2D eigenvalue weighted by Gasteiger charge is 2.34. The molecule has 1 fully saturated rings. The summed E-state index contributed by atoms with van der Waals surface area (Å²) in [5.74, 6) is -0.456. The van der Waals surface area contributed by atoms with Gasteiger partial charge in [-0.3, -0.25) is 14.8 Å². The van der Waals surface area contributed by atoms with E-state index in [9.17, 15) is 14.3 Å². The van der Waals surface area contributed by atoms with Crippen molar-refractivity contribution in [2.24, 2.45) is 0 Å². The molecule has 1 aliphatic heterocycles. The number of rotatable bonds is 4. The summed E-state index contributed by atoms with van der Waals surface area (Å²) in [7, 11) is 0. The first-order valence-corrected chi connectivity index (χ1v) is 8.39. The average Bonchev–Trinajstić information content (AvgIpc) is 2.89. The SMILES string of the molecule is Cc1n[nH]c(C)c1NC(=O)CN1CCC(O)(c2cccc(F)c2)CC1. The summed E-state index contributed by atoms with van der Waals surface area (Å²) in [4.78, 5) is 14.2. The number of hydrogen-bond donors (Lipinski definition) is 3. The fourth-order valence-corrected chi connectivity index (χ4v) is 3.26. The molecule has 3 N–H and O–H groups in total. The number of amides is 1. The number of likely N-dealkylation sites (tertiary alicyclic amines) is 1. The van der Waals surface area contributed by atoms with E-state index in [1.54, 1.807) is 12.1 Å². The first kappa shape index (κ1) is 17.6. The molecule has 1 amide bonds. The Kier molecular flexibility index (Phi) is 4.87. The summed E-state index contributed by atoms with van der Waals surface area (Å²) in [6.07, 6.45) is 0.932. The average molecular weight is 346 g/mol. The van der Waals surface area contributed by atoms with E-state index in [0.29, 0.717) is 31.5 Å². The van der Waals surface area contributed by atoms with Crippen LogP contribution in [0.4, 0.5) is 10.1 Å². The minimum atomic E-state index is -1.03. The van der Waals surface area contributed by atoms with Gasteiger partial charge in [0.25, 0.3) is 0 Å². The zero-order valence-corrected chi connectivity index (χ0v) is 14.5. The fraction of sp³-hybridized carbons (Fsp3) is 0.444. The Morgan fingerprint density at radius 1 is 1.40 bits per heavy atom. The number of aryl methyl sites for hydroxylation is 2. The van der Waals surface area contributed by atoms with Gasteiger partial charge in [-0.15, -0.1) is 0 Å². The molecule has 25 heavy (non-hydrogen) atoms. The second-order valence-electron chi connectivity index (χ2n) is 6.68. The summed E-state index contributed by atoms with van der Waals surface area (Å²) in [5.41, 5.74) is 1.86. The lowest BCUT2D eigenvalue weighted by atomic mass is 9.84. The monoisotopic (exact) mass is 346 g/mol. The molecule has 1 aromatic carbocycles. The van der Waals surface area contributed by atoms with Gasteiger partial charge in [-0.05, 0) is 44.4 Å². The number of carbonyl (C=O) groups excluding carboxylic acids is 1. The number of benzene rings is 1. The van der Waals surface area contributed by atoms with E-state index < -0.39 is 5.60 Å². The van der Waals surface area contributed by atoms with E-state index in [1.165, 1.54) is 12.1 Å². The van der Waals surface area contributed by atoms with Crippen molar-refractivity contribution >= 4 is 11.6 Å². The number of aromatic nitrogens is 2. The number of halogens is 1. The van der Waals surface area contributed by atoms with Gasteiger partial charge in [0.2, 0.25) is 5.91 Å². The molecule has 6 nitrogen and oxygen atoms in total. The zero-order valence-electron chi connectivity index (χ0n) is 14.5. The van der Waals surface area contributed by atoms with Gasteiger partial charge < -0.3 is 10.4 Å². The Labute approximate surface area is 146 Å². The molecule has 0 saturated carbocycles. The van der Waals surface area contributed by atoms with Crippen LogP contribution in [-0.2, 0) is 10.4 Å².